The summed E-state index contributed by atoms with van der Waals surface area (Å²) in [5.74, 6) is -0.102. The van der Waals surface area contributed by atoms with Gasteiger partial charge in [0.1, 0.15) is 5.92 Å². The van der Waals surface area contributed by atoms with Gasteiger partial charge in [-0.15, -0.1) is 0 Å². The summed E-state index contributed by atoms with van der Waals surface area (Å²) in [6, 6.07) is 6.92. The summed E-state index contributed by atoms with van der Waals surface area (Å²) >= 11 is 0. The molecule has 0 aliphatic carbocycles. The fourth-order valence-electron chi connectivity index (χ4n) is 1.37. The summed E-state index contributed by atoms with van der Waals surface area (Å²) in [6.07, 6.45) is 0. The van der Waals surface area contributed by atoms with Gasteiger partial charge in [0.15, 0.2) is 17.3 Å². The topological polar surface area (TPSA) is 59.3 Å². The van der Waals surface area contributed by atoms with Gasteiger partial charge in [-0.05, 0) is 19.1 Å². The fourth-order valence-corrected chi connectivity index (χ4v) is 1.37. The Morgan fingerprint density at radius 1 is 1.38 bits per heavy atom. The number of Topliss-reactive ketones (excluding diaryl/α,β-unsaturated/α-hetero) is 1. The van der Waals surface area contributed by atoms with Gasteiger partial charge in [-0.3, -0.25) is 4.79 Å². The number of hydrogen-bond donors (Lipinski definition) is 0. The van der Waals surface area contributed by atoms with E-state index in [1.54, 1.807) is 25.1 Å². The SMILES string of the molecule is COc1cccc(C(=O)C(C)C#N)c1OC. The molecule has 0 fully saturated rings. The van der Waals surface area contributed by atoms with Crippen LogP contribution in [0.4, 0.5) is 0 Å². The normalized spacial score (nSPS) is 11.4. The van der Waals surface area contributed by atoms with E-state index in [0.717, 1.165) is 0 Å². The first-order valence-electron chi connectivity index (χ1n) is 4.80. The molecule has 1 aromatic rings. The highest BCUT2D eigenvalue weighted by Gasteiger charge is 2.20. The lowest BCUT2D eigenvalue weighted by molar-refractivity contribution is 0.0953. The molecule has 0 saturated carbocycles. The fraction of sp³-hybridized carbons (Fsp3) is 0.333. The molecule has 4 nitrogen and oxygen atoms in total. The van der Waals surface area contributed by atoms with Crippen molar-refractivity contribution in [2.24, 2.45) is 5.92 Å². The van der Waals surface area contributed by atoms with Crippen molar-refractivity contribution in [3.8, 4) is 17.6 Å². The van der Waals surface area contributed by atoms with Crippen molar-refractivity contribution >= 4 is 5.78 Å². The van der Waals surface area contributed by atoms with E-state index >= 15 is 0 Å². The lowest BCUT2D eigenvalue weighted by atomic mass is 9.99. The Morgan fingerprint density at radius 3 is 2.56 bits per heavy atom. The van der Waals surface area contributed by atoms with E-state index in [9.17, 15) is 4.79 Å². The molecule has 0 aliphatic rings. The zero-order valence-electron chi connectivity index (χ0n) is 9.48. The van der Waals surface area contributed by atoms with Crippen LogP contribution in [0.1, 0.15) is 17.3 Å². The molecule has 0 heterocycles. The molecule has 4 heteroatoms. The number of ether oxygens (including phenoxy) is 2. The standard InChI is InChI=1S/C12H13NO3/c1-8(7-13)11(14)9-5-4-6-10(15-2)12(9)16-3/h4-6,8H,1-3H3. The molecule has 0 N–H and O–H groups in total. The number of carbonyl (C=O) groups excluding carboxylic acids is 1. The third kappa shape index (κ3) is 2.14. The highest BCUT2D eigenvalue weighted by molar-refractivity contribution is 6.02. The van der Waals surface area contributed by atoms with Crippen LogP contribution in [0, 0.1) is 17.2 Å². The van der Waals surface area contributed by atoms with E-state index in [1.807, 2.05) is 6.07 Å². The zero-order valence-corrected chi connectivity index (χ0v) is 9.48. The molecule has 84 valence electrons. The smallest absolute Gasteiger partial charge is 0.183 e. The van der Waals surface area contributed by atoms with Crippen molar-refractivity contribution in [1.82, 2.24) is 0 Å². The number of carbonyl (C=O) groups is 1. The molecular weight excluding hydrogens is 206 g/mol. The number of nitrogens with zero attached hydrogens (tertiary/aromatic N) is 1. The number of ketones is 1. The van der Waals surface area contributed by atoms with Crippen LogP contribution < -0.4 is 9.47 Å². The summed E-state index contributed by atoms with van der Waals surface area (Å²) in [5, 5.41) is 8.71. The predicted molar refractivity (Wildman–Crippen MR) is 58.7 cm³/mol. The summed E-state index contributed by atoms with van der Waals surface area (Å²) in [5.41, 5.74) is 0.371. The summed E-state index contributed by atoms with van der Waals surface area (Å²) < 4.78 is 10.2. The maximum Gasteiger partial charge on any atom is 0.183 e. The average Bonchev–Trinajstić information content (AvgIpc) is 2.35. The van der Waals surface area contributed by atoms with E-state index in [1.165, 1.54) is 14.2 Å². The van der Waals surface area contributed by atoms with E-state index in [4.69, 9.17) is 14.7 Å². The van der Waals surface area contributed by atoms with Crippen LogP contribution in [0.25, 0.3) is 0 Å². The molecule has 0 radical (unpaired) electrons. The van der Waals surface area contributed by atoms with Crippen molar-refractivity contribution < 1.29 is 14.3 Å². The lowest BCUT2D eigenvalue weighted by Gasteiger charge is -2.12. The van der Waals surface area contributed by atoms with Crippen LogP contribution in [-0.2, 0) is 0 Å². The molecule has 1 unspecified atom stereocenters. The maximum absolute atomic E-state index is 11.9. The number of para-hydroxylation sites is 1. The van der Waals surface area contributed by atoms with Crippen molar-refractivity contribution in [3.05, 3.63) is 23.8 Å². The molecule has 1 aromatic carbocycles. The van der Waals surface area contributed by atoms with Crippen molar-refractivity contribution in [3.63, 3.8) is 0 Å². The molecule has 0 bridgehead atoms. The minimum atomic E-state index is -0.694. The number of rotatable bonds is 4. The first kappa shape index (κ1) is 12.1. The van der Waals surface area contributed by atoms with Gasteiger partial charge in [-0.1, -0.05) is 6.07 Å². The number of nitriles is 1. The first-order chi connectivity index (χ1) is 7.65. The maximum atomic E-state index is 11.9. The molecule has 1 atom stereocenters. The van der Waals surface area contributed by atoms with Crippen molar-refractivity contribution in [2.45, 2.75) is 6.92 Å². The van der Waals surface area contributed by atoms with Gasteiger partial charge in [-0.2, -0.15) is 5.26 Å². The van der Waals surface area contributed by atoms with Crippen molar-refractivity contribution in [2.75, 3.05) is 14.2 Å². The first-order valence-corrected chi connectivity index (χ1v) is 4.80. The molecular formula is C12H13NO3. The Kier molecular flexibility index (Phi) is 3.90. The van der Waals surface area contributed by atoms with Crippen LogP contribution >= 0.6 is 0 Å². The van der Waals surface area contributed by atoms with Crippen LogP contribution in [-0.4, -0.2) is 20.0 Å². The van der Waals surface area contributed by atoms with Gasteiger partial charge in [0.05, 0.1) is 25.9 Å². The Bertz CT molecular complexity index is 434. The van der Waals surface area contributed by atoms with E-state index in [2.05, 4.69) is 0 Å². The Morgan fingerprint density at radius 2 is 2.06 bits per heavy atom. The van der Waals surface area contributed by atoms with Crippen LogP contribution in [0.5, 0.6) is 11.5 Å². The second kappa shape index (κ2) is 5.17. The van der Waals surface area contributed by atoms with E-state index in [-0.39, 0.29) is 5.78 Å². The Labute approximate surface area is 94.4 Å². The van der Waals surface area contributed by atoms with Crippen LogP contribution in [0.3, 0.4) is 0 Å². The molecule has 0 aliphatic heterocycles. The summed E-state index contributed by atoms with van der Waals surface area (Å²) in [6.45, 7) is 1.56. The second-order valence-electron chi connectivity index (χ2n) is 3.26. The molecule has 0 aromatic heterocycles. The quantitative estimate of drug-likeness (QED) is 0.727. The zero-order chi connectivity index (χ0) is 12.1. The largest absolute Gasteiger partial charge is 0.493 e. The van der Waals surface area contributed by atoms with Gasteiger partial charge in [0.2, 0.25) is 0 Å². The summed E-state index contributed by atoms with van der Waals surface area (Å²) in [7, 11) is 2.96. The van der Waals surface area contributed by atoms with E-state index < -0.39 is 5.92 Å². The van der Waals surface area contributed by atoms with Crippen LogP contribution in [0.2, 0.25) is 0 Å². The third-order valence-electron chi connectivity index (χ3n) is 2.26. The number of methoxy groups -OCH3 is 2. The highest BCUT2D eigenvalue weighted by Crippen LogP contribution is 2.31. The molecule has 0 amide bonds. The molecule has 16 heavy (non-hydrogen) atoms. The average molecular weight is 219 g/mol. The molecule has 0 saturated heterocycles. The molecule has 1 rings (SSSR count). The predicted octanol–water partition coefficient (Wildman–Crippen LogP) is 2.05. The number of hydrogen-bond acceptors (Lipinski definition) is 4. The minimum absolute atomic E-state index is 0.266. The lowest BCUT2D eigenvalue weighted by Crippen LogP contribution is -2.11. The monoisotopic (exact) mass is 219 g/mol. The highest BCUT2D eigenvalue weighted by atomic mass is 16.5. The Balaban J connectivity index is 3.24. The summed E-state index contributed by atoms with van der Waals surface area (Å²) in [4.78, 5) is 11.9. The van der Waals surface area contributed by atoms with E-state index in [0.29, 0.717) is 17.1 Å². The van der Waals surface area contributed by atoms with Gasteiger partial charge in [-0.25, -0.2) is 0 Å². The van der Waals surface area contributed by atoms with Gasteiger partial charge in [0.25, 0.3) is 0 Å². The van der Waals surface area contributed by atoms with Gasteiger partial charge in [0, 0.05) is 0 Å². The van der Waals surface area contributed by atoms with Gasteiger partial charge < -0.3 is 9.47 Å². The van der Waals surface area contributed by atoms with Gasteiger partial charge >= 0.3 is 0 Å². The van der Waals surface area contributed by atoms with Crippen LogP contribution in [0.15, 0.2) is 18.2 Å². The minimum Gasteiger partial charge on any atom is -0.493 e. The molecule has 0 spiro atoms. The number of benzene rings is 1. The second-order valence-corrected chi connectivity index (χ2v) is 3.26. The Hall–Kier alpha value is -2.02. The third-order valence-corrected chi connectivity index (χ3v) is 2.26. The van der Waals surface area contributed by atoms with Crippen molar-refractivity contribution in [1.29, 1.82) is 5.26 Å².